The quantitative estimate of drug-likeness (QED) is 0.472. The van der Waals surface area contributed by atoms with Gasteiger partial charge in [0.2, 0.25) is 0 Å². The van der Waals surface area contributed by atoms with Crippen LogP contribution >= 0.6 is 34.4 Å². The second-order valence-corrected chi connectivity index (χ2v) is 4.85. The standard InChI is InChI=1S/C9H6F2IN3S/c1-16-9-14-2-4-6(15-9)5(12)3-13-7(4)8(10)11/h2-3,8H,1H3. The van der Waals surface area contributed by atoms with Gasteiger partial charge in [0.05, 0.1) is 9.09 Å². The molecule has 0 saturated carbocycles. The minimum Gasteiger partial charge on any atom is -0.253 e. The molecule has 0 aliphatic carbocycles. The predicted octanol–water partition coefficient (Wildman–Crippen LogP) is 3.29. The van der Waals surface area contributed by atoms with Gasteiger partial charge in [-0.1, -0.05) is 11.8 Å². The van der Waals surface area contributed by atoms with E-state index >= 15 is 0 Å². The van der Waals surface area contributed by atoms with E-state index in [0.29, 0.717) is 16.1 Å². The summed E-state index contributed by atoms with van der Waals surface area (Å²) in [5.74, 6) is 0. The minimum atomic E-state index is -2.61. The number of hydrogen-bond donors (Lipinski definition) is 0. The smallest absolute Gasteiger partial charge is 0.253 e. The van der Waals surface area contributed by atoms with Gasteiger partial charge in [0.15, 0.2) is 5.16 Å². The molecule has 2 aromatic rings. The maximum absolute atomic E-state index is 12.7. The predicted molar refractivity (Wildman–Crippen MR) is 66.8 cm³/mol. The van der Waals surface area contributed by atoms with Gasteiger partial charge in [-0.25, -0.2) is 18.7 Å². The molecule has 16 heavy (non-hydrogen) atoms. The molecule has 0 amide bonds. The third kappa shape index (κ3) is 2.10. The van der Waals surface area contributed by atoms with Crippen LogP contribution in [-0.4, -0.2) is 21.2 Å². The second-order valence-electron chi connectivity index (χ2n) is 2.91. The molecule has 0 saturated heterocycles. The highest BCUT2D eigenvalue weighted by Gasteiger charge is 2.16. The van der Waals surface area contributed by atoms with Crippen molar-refractivity contribution in [2.75, 3.05) is 6.26 Å². The van der Waals surface area contributed by atoms with E-state index in [0.717, 1.165) is 3.57 Å². The Morgan fingerprint density at radius 3 is 2.69 bits per heavy atom. The molecule has 0 aliphatic rings. The fourth-order valence-corrected chi connectivity index (χ4v) is 2.16. The zero-order chi connectivity index (χ0) is 11.7. The lowest BCUT2D eigenvalue weighted by atomic mass is 10.2. The number of pyridine rings is 1. The molecule has 84 valence electrons. The van der Waals surface area contributed by atoms with E-state index in [4.69, 9.17) is 0 Å². The van der Waals surface area contributed by atoms with Gasteiger partial charge in [-0.15, -0.1) is 0 Å². The summed E-state index contributed by atoms with van der Waals surface area (Å²) in [5, 5.41) is 0.886. The van der Waals surface area contributed by atoms with Crippen LogP contribution in [0.3, 0.4) is 0 Å². The Hall–Kier alpha value is -0.570. The SMILES string of the molecule is CSc1ncc2c(C(F)F)ncc(I)c2n1. The van der Waals surface area contributed by atoms with E-state index < -0.39 is 6.43 Å². The second kappa shape index (κ2) is 4.74. The molecule has 0 spiro atoms. The first-order valence-corrected chi connectivity index (χ1v) is 6.57. The monoisotopic (exact) mass is 353 g/mol. The molecular weight excluding hydrogens is 347 g/mol. The molecule has 2 aromatic heterocycles. The molecule has 3 nitrogen and oxygen atoms in total. The topological polar surface area (TPSA) is 38.7 Å². The minimum absolute atomic E-state index is 0.261. The zero-order valence-electron chi connectivity index (χ0n) is 8.12. The van der Waals surface area contributed by atoms with Gasteiger partial charge in [-0.2, -0.15) is 0 Å². The Balaban J connectivity index is 2.75. The Bertz CT molecular complexity index is 535. The van der Waals surface area contributed by atoms with E-state index in [1.54, 1.807) is 0 Å². The van der Waals surface area contributed by atoms with E-state index in [2.05, 4.69) is 15.0 Å². The van der Waals surface area contributed by atoms with Crippen molar-refractivity contribution in [3.05, 3.63) is 21.7 Å². The van der Waals surface area contributed by atoms with Gasteiger partial charge >= 0.3 is 0 Å². The van der Waals surface area contributed by atoms with E-state index in [1.165, 1.54) is 24.2 Å². The van der Waals surface area contributed by atoms with E-state index in [9.17, 15) is 8.78 Å². The van der Waals surface area contributed by atoms with Crippen molar-refractivity contribution in [1.29, 1.82) is 0 Å². The van der Waals surface area contributed by atoms with Crippen molar-refractivity contribution in [1.82, 2.24) is 15.0 Å². The molecular formula is C9H6F2IN3S. The van der Waals surface area contributed by atoms with E-state index in [1.807, 2.05) is 28.8 Å². The first kappa shape index (κ1) is 11.9. The van der Waals surface area contributed by atoms with Gasteiger partial charge in [-0.3, -0.25) is 4.98 Å². The lowest BCUT2D eigenvalue weighted by Gasteiger charge is -2.06. The number of rotatable bonds is 2. The number of thioether (sulfide) groups is 1. The number of halogens is 3. The number of fused-ring (bicyclic) bond motifs is 1. The van der Waals surface area contributed by atoms with Crippen LogP contribution in [-0.2, 0) is 0 Å². The molecule has 0 unspecified atom stereocenters. The lowest BCUT2D eigenvalue weighted by molar-refractivity contribution is 0.148. The molecule has 0 atom stereocenters. The van der Waals surface area contributed by atoms with Gasteiger partial charge in [0, 0.05) is 17.8 Å². The summed E-state index contributed by atoms with van der Waals surface area (Å²) < 4.78 is 26.1. The third-order valence-corrected chi connectivity index (χ3v) is 3.33. The highest BCUT2D eigenvalue weighted by Crippen LogP contribution is 2.27. The van der Waals surface area contributed by atoms with Crippen molar-refractivity contribution in [3.8, 4) is 0 Å². The maximum atomic E-state index is 12.7. The first-order chi connectivity index (χ1) is 7.63. The van der Waals surface area contributed by atoms with Crippen LogP contribution in [0.5, 0.6) is 0 Å². The molecule has 0 aliphatic heterocycles. The molecule has 7 heteroatoms. The number of alkyl halides is 2. The zero-order valence-corrected chi connectivity index (χ0v) is 11.1. The third-order valence-electron chi connectivity index (χ3n) is 1.98. The van der Waals surface area contributed by atoms with Crippen LogP contribution in [0.4, 0.5) is 8.78 Å². The van der Waals surface area contributed by atoms with Crippen LogP contribution in [0, 0.1) is 3.57 Å². The van der Waals surface area contributed by atoms with E-state index in [-0.39, 0.29) is 5.69 Å². The van der Waals surface area contributed by atoms with Crippen molar-refractivity contribution in [3.63, 3.8) is 0 Å². The Labute approximate surface area is 108 Å². The summed E-state index contributed by atoms with van der Waals surface area (Å²) in [5.41, 5.74) is 0.272. The summed E-state index contributed by atoms with van der Waals surface area (Å²) in [4.78, 5) is 11.9. The summed E-state index contributed by atoms with van der Waals surface area (Å²) >= 11 is 3.40. The highest BCUT2D eigenvalue weighted by molar-refractivity contribution is 14.1. The van der Waals surface area contributed by atoms with Crippen LogP contribution in [0.15, 0.2) is 17.6 Å². The Kier molecular flexibility index (Phi) is 3.53. The van der Waals surface area contributed by atoms with Gasteiger partial charge in [-0.05, 0) is 28.8 Å². The molecule has 2 rings (SSSR count). The van der Waals surface area contributed by atoms with Gasteiger partial charge < -0.3 is 0 Å². The summed E-state index contributed by atoms with van der Waals surface area (Å²) in [6.07, 6.45) is 2.04. The molecule has 0 bridgehead atoms. The number of aromatic nitrogens is 3. The van der Waals surface area contributed by atoms with Crippen molar-refractivity contribution < 1.29 is 8.78 Å². The summed E-state index contributed by atoms with van der Waals surface area (Å²) in [6.45, 7) is 0. The van der Waals surface area contributed by atoms with Gasteiger partial charge in [0.25, 0.3) is 6.43 Å². The highest BCUT2D eigenvalue weighted by atomic mass is 127. The van der Waals surface area contributed by atoms with Crippen LogP contribution in [0.1, 0.15) is 12.1 Å². The largest absolute Gasteiger partial charge is 0.281 e. The molecule has 0 N–H and O–H groups in total. The molecule has 0 fully saturated rings. The normalized spacial score (nSPS) is 11.3. The lowest BCUT2D eigenvalue weighted by Crippen LogP contribution is -1.97. The number of hydrogen-bond acceptors (Lipinski definition) is 4. The number of nitrogens with zero attached hydrogens (tertiary/aromatic N) is 3. The van der Waals surface area contributed by atoms with Gasteiger partial charge in [0.1, 0.15) is 5.69 Å². The van der Waals surface area contributed by atoms with Crippen molar-refractivity contribution >= 4 is 45.3 Å². The average Bonchev–Trinajstić information content (AvgIpc) is 2.29. The molecule has 0 radical (unpaired) electrons. The fourth-order valence-electron chi connectivity index (χ4n) is 1.26. The first-order valence-electron chi connectivity index (χ1n) is 4.26. The Morgan fingerprint density at radius 2 is 2.06 bits per heavy atom. The summed E-state index contributed by atoms with van der Waals surface area (Å²) in [6, 6.07) is 0. The van der Waals surface area contributed by atoms with Crippen LogP contribution in [0.25, 0.3) is 10.9 Å². The molecule has 2 heterocycles. The maximum Gasteiger partial charge on any atom is 0.281 e. The van der Waals surface area contributed by atoms with Crippen molar-refractivity contribution in [2.45, 2.75) is 11.6 Å². The summed E-state index contributed by atoms with van der Waals surface area (Å²) in [7, 11) is 0. The van der Waals surface area contributed by atoms with Crippen molar-refractivity contribution in [2.24, 2.45) is 0 Å². The molecule has 0 aromatic carbocycles. The average molecular weight is 353 g/mol. The Morgan fingerprint density at radius 1 is 1.31 bits per heavy atom. The fraction of sp³-hybridized carbons (Fsp3) is 0.222. The van der Waals surface area contributed by atoms with Crippen LogP contribution < -0.4 is 0 Å². The van der Waals surface area contributed by atoms with Crippen LogP contribution in [0.2, 0.25) is 0 Å².